The van der Waals surface area contributed by atoms with E-state index in [1.54, 1.807) is 0 Å². The molecular formula is C20H19ClN4O2S. The number of nitrogens with zero attached hydrogens (tertiary/aromatic N) is 2. The van der Waals surface area contributed by atoms with Crippen LogP contribution in [0.3, 0.4) is 0 Å². The summed E-state index contributed by atoms with van der Waals surface area (Å²) >= 11 is 8.16. The van der Waals surface area contributed by atoms with Gasteiger partial charge in [-0.1, -0.05) is 29.8 Å². The van der Waals surface area contributed by atoms with Gasteiger partial charge in [-0.2, -0.15) is 0 Å². The van der Waals surface area contributed by atoms with Gasteiger partial charge >= 0.3 is 0 Å². The highest BCUT2D eigenvalue weighted by atomic mass is 35.5. The molecule has 3 aromatic rings. The number of nitrogens with two attached hydrogens (primary N) is 1. The van der Waals surface area contributed by atoms with E-state index in [-0.39, 0.29) is 11.9 Å². The summed E-state index contributed by atoms with van der Waals surface area (Å²) in [6, 6.07) is 9.97. The van der Waals surface area contributed by atoms with Crippen LogP contribution in [-0.4, -0.2) is 28.2 Å². The van der Waals surface area contributed by atoms with Gasteiger partial charge in [-0.3, -0.25) is 4.79 Å². The van der Waals surface area contributed by atoms with Crippen molar-refractivity contribution < 1.29 is 9.53 Å². The van der Waals surface area contributed by atoms with E-state index >= 15 is 0 Å². The van der Waals surface area contributed by atoms with Gasteiger partial charge in [-0.05, 0) is 34.0 Å². The Morgan fingerprint density at radius 3 is 2.93 bits per heavy atom. The molecule has 3 N–H and O–H groups in total. The molecule has 6 nitrogen and oxygen atoms in total. The van der Waals surface area contributed by atoms with E-state index in [9.17, 15) is 4.79 Å². The van der Waals surface area contributed by atoms with Crippen LogP contribution in [0.5, 0.6) is 0 Å². The molecule has 0 saturated heterocycles. The second kappa shape index (κ2) is 7.95. The van der Waals surface area contributed by atoms with Crippen LogP contribution in [0.15, 0.2) is 35.4 Å². The number of hydrogen-bond acceptors (Lipinski definition) is 6. The van der Waals surface area contributed by atoms with E-state index in [2.05, 4.69) is 27.4 Å². The average molecular weight is 415 g/mol. The smallest absolute Gasteiger partial charge is 0.221 e. The molecule has 0 radical (unpaired) electrons. The third-order valence-electron chi connectivity index (χ3n) is 4.50. The Hall–Kier alpha value is -2.35. The summed E-state index contributed by atoms with van der Waals surface area (Å²) in [6.45, 7) is 3.18. The Labute approximate surface area is 171 Å². The highest BCUT2D eigenvalue weighted by molar-refractivity contribution is 7.99. The lowest BCUT2D eigenvalue weighted by Gasteiger charge is -2.20. The Morgan fingerprint density at radius 2 is 2.11 bits per heavy atom. The first-order valence-electron chi connectivity index (χ1n) is 8.86. The summed E-state index contributed by atoms with van der Waals surface area (Å²) in [5, 5.41) is 6.33. The predicted octanol–water partition coefficient (Wildman–Crippen LogP) is 3.79. The molecule has 0 aliphatic carbocycles. The summed E-state index contributed by atoms with van der Waals surface area (Å²) in [5.74, 6) is 0.826. The third kappa shape index (κ3) is 3.78. The summed E-state index contributed by atoms with van der Waals surface area (Å²) in [4.78, 5) is 19.7. The van der Waals surface area contributed by atoms with E-state index in [0.29, 0.717) is 36.2 Å². The van der Waals surface area contributed by atoms with Crippen LogP contribution >= 0.6 is 23.4 Å². The molecule has 2 aromatic carbocycles. The standard InChI is InChI=1S/C20H19ClN4O2S/c1-11(26)23-5-6-28-17-8-16(24-20(22)25-17)19-14-4-2-3-12-9-27-10-13(18(12)14)7-15(19)21/h2-4,7-8H,5-6,9-10H2,1H3,(H,23,26)(H2,22,24,25). The van der Waals surface area contributed by atoms with Gasteiger partial charge in [-0.25, -0.2) is 9.97 Å². The number of amides is 1. The number of carbonyl (C=O) groups is 1. The minimum atomic E-state index is -0.0527. The largest absolute Gasteiger partial charge is 0.372 e. The number of benzene rings is 2. The number of rotatable bonds is 5. The molecule has 0 spiro atoms. The van der Waals surface area contributed by atoms with Crippen LogP contribution in [0.2, 0.25) is 5.02 Å². The molecule has 2 heterocycles. The van der Waals surface area contributed by atoms with Gasteiger partial charge in [0.2, 0.25) is 11.9 Å². The number of hydrogen-bond donors (Lipinski definition) is 2. The highest BCUT2D eigenvalue weighted by Gasteiger charge is 2.20. The number of thioether (sulfide) groups is 1. The summed E-state index contributed by atoms with van der Waals surface area (Å²) in [7, 11) is 0. The minimum Gasteiger partial charge on any atom is -0.372 e. The molecule has 4 rings (SSSR count). The fourth-order valence-electron chi connectivity index (χ4n) is 3.41. The van der Waals surface area contributed by atoms with Gasteiger partial charge in [0.15, 0.2) is 0 Å². The van der Waals surface area contributed by atoms with Crippen molar-refractivity contribution in [2.24, 2.45) is 0 Å². The maximum absolute atomic E-state index is 11.0. The van der Waals surface area contributed by atoms with Crippen LogP contribution in [-0.2, 0) is 22.7 Å². The number of ether oxygens (including phenoxy) is 1. The molecule has 0 unspecified atom stereocenters. The van der Waals surface area contributed by atoms with E-state index < -0.39 is 0 Å². The topological polar surface area (TPSA) is 90.1 Å². The first-order chi connectivity index (χ1) is 13.5. The number of nitrogen functional groups attached to an aromatic ring is 1. The number of anilines is 1. The van der Waals surface area contributed by atoms with E-state index in [1.165, 1.54) is 24.1 Å². The van der Waals surface area contributed by atoms with E-state index in [4.69, 9.17) is 22.1 Å². The zero-order valence-electron chi connectivity index (χ0n) is 15.3. The SMILES string of the molecule is CC(=O)NCCSc1cc(-c2c(Cl)cc3c4c(cccc24)COC3)nc(N)n1. The van der Waals surface area contributed by atoms with Crippen molar-refractivity contribution in [2.75, 3.05) is 18.0 Å². The summed E-state index contributed by atoms with van der Waals surface area (Å²) in [6.07, 6.45) is 0. The van der Waals surface area contributed by atoms with Gasteiger partial charge in [-0.15, -0.1) is 11.8 Å². The van der Waals surface area contributed by atoms with E-state index in [1.807, 2.05) is 18.2 Å². The average Bonchev–Trinajstić information content (AvgIpc) is 2.65. The molecule has 0 bridgehead atoms. The van der Waals surface area contributed by atoms with Crippen molar-refractivity contribution in [3.8, 4) is 11.3 Å². The lowest BCUT2D eigenvalue weighted by molar-refractivity contribution is -0.118. The van der Waals surface area contributed by atoms with Crippen molar-refractivity contribution in [3.63, 3.8) is 0 Å². The van der Waals surface area contributed by atoms with Crippen molar-refractivity contribution >= 4 is 46.0 Å². The molecule has 144 valence electrons. The highest BCUT2D eigenvalue weighted by Crippen LogP contribution is 2.40. The van der Waals surface area contributed by atoms with Gasteiger partial charge < -0.3 is 15.8 Å². The van der Waals surface area contributed by atoms with Crippen molar-refractivity contribution in [1.82, 2.24) is 15.3 Å². The quantitative estimate of drug-likeness (QED) is 0.375. The zero-order valence-corrected chi connectivity index (χ0v) is 16.9. The predicted molar refractivity (Wildman–Crippen MR) is 112 cm³/mol. The first-order valence-corrected chi connectivity index (χ1v) is 10.2. The van der Waals surface area contributed by atoms with Gasteiger partial charge in [0.25, 0.3) is 0 Å². The Bertz CT molecular complexity index is 1070. The number of aromatic nitrogens is 2. The summed E-state index contributed by atoms with van der Waals surface area (Å²) in [5.41, 5.74) is 9.73. The molecular weight excluding hydrogens is 396 g/mol. The normalized spacial score (nSPS) is 12.9. The maximum atomic E-state index is 11.0. The molecule has 1 aliphatic heterocycles. The Balaban J connectivity index is 1.75. The lowest BCUT2D eigenvalue weighted by Crippen LogP contribution is -2.22. The summed E-state index contributed by atoms with van der Waals surface area (Å²) < 4.78 is 5.66. The number of carbonyl (C=O) groups excluding carboxylic acids is 1. The van der Waals surface area contributed by atoms with Gasteiger partial charge in [0, 0.05) is 24.8 Å². The van der Waals surface area contributed by atoms with Crippen LogP contribution < -0.4 is 11.1 Å². The molecule has 0 saturated carbocycles. The molecule has 1 aromatic heterocycles. The van der Waals surface area contributed by atoms with Crippen LogP contribution in [0.25, 0.3) is 22.0 Å². The maximum Gasteiger partial charge on any atom is 0.221 e. The van der Waals surface area contributed by atoms with Crippen molar-refractivity contribution in [2.45, 2.75) is 25.2 Å². The monoisotopic (exact) mass is 414 g/mol. The molecule has 28 heavy (non-hydrogen) atoms. The lowest BCUT2D eigenvalue weighted by atomic mass is 9.93. The zero-order chi connectivity index (χ0) is 19.7. The molecule has 1 amide bonds. The second-order valence-corrected chi connectivity index (χ2v) is 8.03. The Kier molecular flexibility index (Phi) is 5.39. The van der Waals surface area contributed by atoms with E-state index in [0.717, 1.165) is 27.1 Å². The second-order valence-electron chi connectivity index (χ2n) is 6.51. The van der Waals surface area contributed by atoms with Gasteiger partial charge in [0.1, 0.15) is 5.03 Å². The van der Waals surface area contributed by atoms with Crippen molar-refractivity contribution in [1.29, 1.82) is 0 Å². The fraction of sp³-hybridized carbons (Fsp3) is 0.250. The molecule has 0 fully saturated rings. The fourth-order valence-corrected chi connectivity index (χ4v) is 4.50. The van der Waals surface area contributed by atoms with Crippen LogP contribution in [0.4, 0.5) is 5.95 Å². The third-order valence-corrected chi connectivity index (χ3v) is 5.71. The van der Waals surface area contributed by atoms with Crippen molar-refractivity contribution in [3.05, 3.63) is 46.5 Å². The van der Waals surface area contributed by atoms with Crippen LogP contribution in [0, 0.1) is 0 Å². The molecule has 8 heteroatoms. The first kappa shape index (κ1) is 19.0. The Morgan fingerprint density at radius 1 is 1.29 bits per heavy atom. The van der Waals surface area contributed by atoms with Crippen LogP contribution in [0.1, 0.15) is 18.1 Å². The number of nitrogens with one attached hydrogen (secondary N) is 1. The minimum absolute atomic E-state index is 0.0527. The number of halogens is 1. The van der Waals surface area contributed by atoms with Gasteiger partial charge in [0.05, 0.1) is 23.9 Å². The molecule has 0 atom stereocenters. The molecule has 1 aliphatic rings.